The fourth-order valence-electron chi connectivity index (χ4n) is 1.89. The molecule has 0 aliphatic heterocycles. The van der Waals surface area contributed by atoms with E-state index >= 15 is 0 Å². The number of amides is 2. The Labute approximate surface area is 143 Å². The molecule has 0 saturated heterocycles. The molecule has 0 atom stereocenters. The highest BCUT2D eigenvalue weighted by Crippen LogP contribution is 2.02. The SMILES string of the molecule is O=C(COC(=O)CNC(=O)c1ccco1)NCCc1ccc(F)cc1. The van der Waals surface area contributed by atoms with E-state index < -0.39 is 24.4 Å². The highest BCUT2D eigenvalue weighted by atomic mass is 19.1. The summed E-state index contributed by atoms with van der Waals surface area (Å²) in [6.45, 7) is -0.488. The first-order chi connectivity index (χ1) is 12.0. The Morgan fingerprint density at radius 2 is 1.84 bits per heavy atom. The van der Waals surface area contributed by atoms with Gasteiger partial charge in [0.05, 0.1) is 6.26 Å². The van der Waals surface area contributed by atoms with Crippen LogP contribution in [-0.2, 0) is 20.7 Å². The third-order valence-corrected chi connectivity index (χ3v) is 3.15. The van der Waals surface area contributed by atoms with Gasteiger partial charge in [0.25, 0.3) is 11.8 Å². The summed E-state index contributed by atoms with van der Waals surface area (Å²) in [6.07, 6.45) is 1.86. The van der Waals surface area contributed by atoms with Crippen LogP contribution in [-0.4, -0.2) is 37.5 Å². The maximum absolute atomic E-state index is 12.8. The van der Waals surface area contributed by atoms with Gasteiger partial charge in [0.2, 0.25) is 0 Å². The fourth-order valence-corrected chi connectivity index (χ4v) is 1.89. The molecule has 25 heavy (non-hydrogen) atoms. The van der Waals surface area contributed by atoms with Crippen LogP contribution in [0.2, 0.25) is 0 Å². The summed E-state index contributed by atoms with van der Waals surface area (Å²) >= 11 is 0. The molecule has 7 nitrogen and oxygen atoms in total. The average molecular weight is 348 g/mol. The van der Waals surface area contributed by atoms with Crippen molar-refractivity contribution in [2.45, 2.75) is 6.42 Å². The van der Waals surface area contributed by atoms with Crippen LogP contribution in [0.15, 0.2) is 47.1 Å². The van der Waals surface area contributed by atoms with E-state index in [9.17, 15) is 18.8 Å². The number of carbonyl (C=O) groups is 3. The van der Waals surface area contributed by atoms with Gasteiger partial charge in [0.15, 0.2) is 12.4 Å². The number of carbonyl (C=O) groups excluding carboxylic acids is 3. The molecule has 1 aromatic heterocycles. The van der Waals surface area contributed by atoms with Gasteiger partial charge in [-0.25, -0.2) is 4.39 Å². The third kappa shape index (κ3) is 6.46. The van der Waals surface area contributed by atoms with E-state index in [0.29, 0.717) is 13.0 Å². The van der Waals surface area contributed by atoms with Crippen LogP contribution in [0.25, 0.3) is 0 Å². The molecule has 132 valence electrons. The zero-order valence-corrected chi connectivity index (χ0v) is 13.3. The number of ether oxygens (including phenoxy) is 1. The summed E-state index contributed by atoms with van der Waals surface area (Å²) in [7, 11) is 0. The first kappa shape index (κ1) is 18.2. The van der Waals surface area contributed by atoms with E-state index in [-0.39, 0.29) is 18.1 Å². The summed E-state index contributed by atoms with van der Waals surface area (Å²) in [4.78, 5) is 34.6. The van der Waals surface area contributed by atoms with E-state index in [0.717, 1.165) is 5.56 Å². The number of nitrogens with one attached hydrogen (secondary N) is 2. The van der Waals surface area contributed by atoms with Gasteiger partial charge in [-0.3, -0.25) is 14.4 Å². The predicted molar refractivity (Wildman–Crippen MR) is 85.1 cm³/mol. The van der Waals surface area contributed by atoms with Crippen LogP contribution in [0.1, 0.15) is 16.1 Å². The molecule has 2 N–H and O–H groups in total. The van der Waals surface area contributed by atoms with E-state index in [1.54, 1.807) is 18.2 Å². The monoisotopic (exact) mass is 348 g/mol. The van der Waals surface area contributed by atoms with Gasteiger partial charge >= 0.3 is 5.97 Å². The van der Waals surface area contributed by atoms with Crippen molar-refractivity contribution in [1.82, 2.24) is 10.6 Å². The second-order valence-electron chi connectivity index (χ2n) is 5.05. The summed E-state index contributed by atoms with van der Waals surface area (Å²) in [5.41, 5.74) is 0.874. The number of rotatable bonds is 8. The smallest absolute Gasteiger partial charge is 0.325 e. The molecule has 0 radical (unpaired) electrons. The zero-order valence-electron chi connectivity index (χ0n) is 13.3. The minimum Gasteiger partial charge on any atom is -0.459 e. The molecule has 0 saturated carbocycles. The van der Waals surface area contributed by atoms with Crippen molar-refractivity contribution in [1.29, 1.82) is 0 Å². The number of hydrogen-bond donors (Lipinski definition) is 2. The topological polar surface area (TPSA) is 97.6 Å². The molecule has 2 aromatic rings. The molecular formula is C17H17FN2O5. The van der Waals surface area contributed by atoms with Gasteiger partial charge in [-0.1, -0.05) is 12.1 Å². The molecule has 0 spiro atoms. The van der Waals surface area contributed by atoms with Crippen LogP contribution in [0.4, 0.5) is 4.39 Å². The van der Waals surface area contributed by atoms with E-state index in [4.69, 9.17) is 9.15 Å². The molecule has 8 heteroatoms. The molecule has 0 aliphatic rings. The minimum atomic E-state index is -0.742. The van der Waals surface area contributed by atoms with Crippen LogP contribution >= 0.6 is 0 Å². The van der Waals surface area contributed by atoms with Crippen molar-refractivity contribution in [3.05, 3.63) is 59.8 Å². The standard InChI is InChI=1S/C17H17FN2O5/c18-13-5-3-12(4-6-13)7-8-19-15(21)11-25-16(22)10-20-17(23)14-2-1-9-24-14/h1-6,9H,7-8,10-11H2,(H,19,21)(H,20,23). The van der Waals surface area contributed by atoms with Gasteiger partial charge in [-0.15, -0.1) is 0 Å². The third-order valence-electron chi connectivity index (χ3n) is 3.15. The van der Waals surface area contributed by atoms with E-state index in [2.05, 4.69) is 10.6 Å². The number of benzene rings is 1. The van der Waals surface area contributed by atoms with Gasteiger partial charge in [0.1, 0.15) is 12.4 Å². The van der Waals surface area contributed by atoms with Gasteiger partial charge in [-0.2, -0.15) is 0 Å². The maximum atomic E-state index is 12.8. The van der Waals surface area contributed by atoms with Gasteiger partial charge < -0.3 is 19.8 Å². The van der Waals surface area contributed by atoms with Crippen LogP contribution in [0.5, 0.6) is 0 Å². The molecule has 1 aromatic carbocycles. The normalized spacial score (nSPS) is 10.1. The Hall–Kier alpha value is -3.16. The summed E-state index contributed by atoms with van der Waals surface area (Å²) < 4.78 is 22.4. The molecule has 0 unspecified atom stereocenters. The van der Waals surface area contributed by atoms with Gasteiger partial charge in [-0.05, 0) is 36.2 Å². The second kappa shape index (κ2) is 9.21. The molecule has 0 aliphatic carbocycles. The summed E-state index contributed by atoms with van der Waals surface area (Å²) in [5.74, 6) is -2.00. The first-order valence-corrected chi connectivity index (χ1v) is 7.53. The Kier molecular flexibility index (Phi) is 6.70. The van der Waals surface area contributed by atoms with Crippen molar-refractivity contribution in [3.63, 3.8) is 0 Å². The predicted octanol–water partition coefficient (Wildman–Crippen LogP) is 1.05. The lowest BCUT2D eigenvalue weighted by Gasteiger charge is -2.07. The summed E-state index contributed by atoms with van der Waals surface area (Å²) in [5, 5.41) is 4.88. The van der Waals surface area contributed by atoms with Crippen molar-refractivity contribution in [2.75, 3.05) is 19.7 Å². The van der Waals surface area contributed by atoms with Gasteiger partial charge in [0, 0.05) is 6.54 Å². The number of hydrogen-bond acceptors (Lipinski definition) is 5. The quantitative estimate of drug-likeness (QED) is 0.695. The number of esters is 1. The Morgan fingerprint density at radius 1 is 1.08 bits per heavy atom. The molecule has 0 bridgehead atoms. The van der Waals surface area contributed by atoms with Crippen molar-refractivity contribution in [2.24, 2.45) is 0 Å². The lowest BCUT2D eigenvalue weighted by Crippen LogP contribution is -2.34. The lowest BCUT2D eigenvalue weighted by molar-refractivity contribution is -0.147. The number of furan rings is 1. The van der Waals surface area contributed by atoms with Crippen LogP contribution in [0.3, 0.4) is 0 Å². The second-order valence-corrected chi connectivity index (χ2v) is 5.05. The lowest BCUT2D eigenvalue weighted by atomic mass is 10.1. The maximum Gasteiger partial charge on any atom is 0.325 e. The minimum absolute atomic E-state index is 0.0753. The fraction of sp³-hybridized carbons (Fsp3) is 0.235. The Bertz CT molecular complexity index is 713. The van der Waals surface area contributed by atoms with Crippen molar-refractivity contribution in [3.8, 4) is 0 Å². The molecule has 1 heterocycles. The van der Waals surface area contributed by atoms with E-state index in [1.165, 1.54) is 24.5 Å². The highest BCUT2D eigenvalue weighted by molar-refractivity contribution is 5.93. The number of halogens is 1. The Morgan fingerprint density at radius 3 is 2.52 bits per heavy atom. The first-order valence-electron chi connectivity index (χ1n) is 7.53. The summed E-state index contributed by atoms with van der Waals surface area (Å²) in [6, 6.07) is 8.94. The van der Waals surface area contributed by atoms with Crippen LogP contribution < -0.4 is 10.6 Å². The van der Waals surface area contributed by atoms with Crippen molar-refractivity contribution < 1.29 is 27.9 Å². The molecule has 2 rings (SSSR count). The molecule has 2 amide bonds. The van der Waals surface area contributed by atoms with Crippen LogP contribution in [0, 0.1) is 5.82 Å². The van der Waals surface area contributed by atoms with E-state index in [1.807, 2.05) is 0 Å². The average Bonchev–Trinajstić information content (AvgIpc) is 3.14. The van der Waals surface area contributed by atoms with Crippen molar-refractivity contribution >= 4 is 17.8 Å². The highest BCUT2D eigenvalue weighted by Gasteiger charge is 2.12. The molecular weight excluding hydrogens is 331 g/mol. The largest absolute Gasteiger partial charge is 0.459 e. The zero-order chi connectivity index (χ0) is 18.1. The Balaban J connectivity index is 1.58. The molecule has 0 fully saturated rings.